The number of rotatable bonds is 3. The Hall–Kier alpha value is -1.28. The smallest absolute Gasteiger partial charge is 0.137 e. The molecule has 2 aromatic rings. The molecule has 1 atom stereocenters. The van der Waals surface area contributed by atoms with E-state index in [1.54, 1.807) is 0 Å². The van der Waals surface area contributed by atoms with Gasteiger partial charge in [-0.3, -0.25) is 0 Å². The molecular formula is C18H25NO. The summed E-state index contributed by atoms with van der Waals surface area (Å²) in [6.07, 6.45) is 6.46. The van der Waals surface area contributed by atoms with Crippen LogP contribution in [0.5, 0.6) is 0 Å². The van der Waals surface area contributed by atoms with Crippen LogP contribution in [-0.2, 0) is 0 Å². The summed E-state index contributed by atoms with van der Waals surface area (Å²) in [6, 6.07) is 8.47. The summed E-state index contributed by atoms with van der Waals surface area (Å²) >= 11 is 0. The number of hydrogen-bond acceptors (Lipinski definition) is 2. The van der Waals surface area contributed by atoms with Gasteiger partial charge in [0.15, 0.2) is 0 Å². The Morgan fingerprint density at radius 3 is 2.65 bits per heavy atom. The van der Waals surface area contributed by atoms with E-state index in [9.17, 15) is 0 Å². The maximum absolute atomic E-state index is 6.48. The molecule has 0 amide bonds. The summed E-state index contributed by atoms with van der Waals surface area (Å²) in [5, 5.41) is 1.18. The second-order valence-electron chi connectivity index (χ2n) is 6.36. The van der Waals surface area contributed by atoms with Gasteiger partial charge >= 0.3 is 0 Å². The highest BCUT2D eigenvalue weighted by Gasteiger charge is 2.27. The Kier molecular flexibility index (Phi) is 3.84. The number of benzene rings is 1. The van der Waals surface area contributed by atoms with Crippen LogP contribution in [-0.4, -0.2) is 0 Å². The van der Waals surface area contributed by atoms with Crippen molar-refractivity contribution in [3.05, 3.63) is 35.6 Å². The minimum atomic E-state index is 0.0552. The standard InChI is InChI=1S/C18H25NO/c1-3-13-7-9-14(10-8-13)17(19)16-11-15-6-4-5-12(2)18(15)20-16/h4-6,11,13-14,17H,3,7-10,19H2,1-2H3. The molecule has 1 saturated carbocycles. The van der Waals surface area contributed by atoms with Gasteiger partial charge in [-0.05, 0) is 43.2 Å². The molecular weight excluding hydrogens is 246 g/mol. The molecule has 1 aliphatic rings. The lowest BCUT2D eigenvalue weighted by Crippen LogP contribution is -2.25. The zero-order valence-electron chi connectivity index (χ0n) is 12.6. The predicted molar refractivity (Wildman–Crippen MR) is 83.6 cm³/mol. The van der Waals surface area contributed by atoms with Crippen LogP contribution in [0, 0.1) is 18.8 Å². The summed E-state index contributed by atoms with van der Waals surface area (Å²) in [7, 11) is 0. The third kappa shape index (κ3) is 2.49. The van der Waals surface area contributed by atoms with Crippen molar-refractivity contribution in [1.29, 1.82) is 0 Å². The van der Waals surface area contributed by atoms with Gasteiger partial charge in [-0.1, -0.05) is 44.4 Å². The molecule has 1 aromatic carbocycles. The van der Waals surface area contributed by atoms with Crippen LogP contribution in [0.15, 0.2) is 28.7 Å². The second-order valence-corrected chi connectivity index (χ2v) is 6.36. The number of para-hydroxylation sites is 1. The molecule has 3 rings (SSSR count). The van der Waals surface area contributed by atoms with Crippen molar-refractivity contribution in [2.24, 2.45) is 17.6 Å². The fourth-order valence-corrected chi connectivity index (χ4v) is 3.58. The summed E-state index contributed by atoms with van der Waals surface area (Å²) in [4.78, 5) is 0. The first-order valence-electron chi connectivity index (χ1n) is 7.93. The summed E-state index contributed by atoms with van der Waals surface area (Å²) in [6.45, 7) is 4.39. The highest BCUT2D eigenvalue weighted by Crippen LogP contribution is 2.38. The van der Waals surface area contributed by atoms with Gasteiger partial charge < -0.3 is 10.2 Å². The Morgan fingerprint density at radius 2 is 2.00 bits per heavy atom. The normalized spacial score (nSPS) is 24.9. The first-order valence-corrected chi connectivity index (χ1v) is 7.93. The molecule has 0 bridgehead atoms. The van der Waals surface area contributed by atoms with E-state index >= 15 is 0 Å². The molecule has 0 aliphatic heterocycles. The molecule has 2 heteroatoms. The van der Waals surface area contributed by atoms with Crippen molar-refractivity contribution < 1.29 is 4.42 Å². The van der Waals surface area contributed by atoms with Gasteiger partial charge in [0.05, 0.1) is 6.04 Å². The van der Waals surface area contributed by atoms with E-state index in [1.165, 1.54) is 43.1 Å². The topological polar surface area (TPSA) is 39.2 Å². The molecule has 2 nitrogen and oxygen atoms in total. The third-order valence-electron chi connectivity index (χ3n) is 5.07. The average Bonchev–Trinajstić information content (AvgIpc) is 2.92. The number of aryl methyl sites for hydroxylation is 1. The van der Waals surface area contributed by atoms with E-state index < -0.39 is 0 Å². The van der Waals surface area contributed by atoms with Gasteiger partial charge in [0, 0.05) is 5.39 Å². The van der Waals surface area contributed by atoms with Crippen LogP contribution in [0.4, 0.5) is 0 Å². The largest absolute Gasteiger partial charge is 0.459 e. The average molecular weight is 271 g/mol. The SMILES string of the molecule is CCC1CCC(C(N)c2cc3cccc(C)c3o2)CC1. The molecule has 0 saturated heterocycles. The fraction of sp³-hybridized carbons (Fsp3) is 0.556. The predicted octanol–water partition coefficient (Wildman–Crippen LogP) is 4.96. The van der Waals surface area contributed by atoms with E-state index in [-0.39, 0.29) is 6.04 Å². The van der Waals surface area contributed by atoms with Crippen molar-refractivity contribution in [3.8, 4) is 0 Å². The van der Waals surface area contributed by atoms with Crippen LogP contribution < -0.4 is 5.73 Å². The summed E-state index contributed by atoms with van der Waals surface area (Å²) < 4.78 is 6.04. The van der Waals surface area contributed by atoms with E-state index in [4.69, 9.17) is 10.2 Å². The molecule has 1 heterocycles. The molecule has 2 N–H and O–H groups in total. The van der Waals surface area contributed by atoms with Crippen LogP contribution in [0.1, 0.15) is 56.4 Å². The molecule has 108 valence electrons. The van der Waals surface area contributed by atoms with Crippen molar-refractivity contribution in [1.82, 2.24) is 0 Å². The zero-order chi connectivity index (χ0) is 14.1. The van der Waals surface area contributed by atoms with Gasteiger partial charge in [0.2, 0.25) is 0 Å². The Balaban J connectivity index is 1.79. The second kappa shape index (κ2) is 5.61. The van der Waals surface area contributed by atoms with E-state index in [2.05, 4.69) is 38.1 Å². The number of hydrogen-bond donors (Lipinski definition) is 1. The van der Waals surface area contributed by atoms with Crippen molar-refractivity contribution in [2.45, 2.75) is 52.0 Å². The molecule has 0 radical (unpaired) electrons. The maximum Gasteiger partial charge on any atom is 0.137 e. The highest BCUT2D eigenvalue weighted by atomic mass is 16.3. The van der Waals surface area contributed by atoms with E-state index in [0.29, 0.717) is 5.92 Å². The Morgan fingerprint density at radius 1 is 1.25 bits per heavy atom. The van der Waals surface area contributed by atoms with Crippen LogP contribution in [0.25, 0.3) is 11.0 Å². The fourth-order valence-electron chi connectivity index (χ4n) is 3.58. The van der Waals surface area contributed by atoms with Gasteiger partial charge in [-0.25, -0.2) is 0 Å². The Bertz CT molecular complexity index is 578. The van der Waals surface area contributed by atoms with Crippen molar-refractivity contribution in [3.63, 3.8) is 0 Å². The van der Waals surface area contributed by atoms with Gasteiger partial charge in [0.25, 0.3) is 0 Å². The van der Waals surface area contributed by atoms with E-state index in [0.717, 1.165) is 17.3 Å². The molecule has 1 unspecified atom stereocenters. The molecule has 1 aliphatic carbocycles. The molecule has 0 spiro atoms. The van der Waals surface area contributed by atoms with Crippen molar-refractivity contribution in [2.75, 3.05) is 0 Å². The minimum Gasteiger partial charge on any atom is -0.459 e. The molecule has 1 fully saturated rings. The Labute approximate surface area is 121 Å². The number of nitrogens with two attached hydrogens (primary N) is 1. The number of fused-ring (bicyclic) bond motifs is 1. The quantitative estimate of drug-likeness (QED) is 0.857. The zero-order valence-corrected chi connectivity index (χ0v) is 12.6. The van der Waals surface area contributed by atoms with Crippen LogP contribution >= 0.6 is 0 Å². The summed E-state index contributed by atoms with van der Waals surface area (Å²) in [5.41, 5.74) is 8.67. The number of furan rings is 1. The lowest BCUT2D eigenvalue weighted by molar-refractivity contribution is 0.227. The molecule has 1 aromatic heterocycles. The third-order valence-corrected chi connectivity index (χ3v) is 5.07. The summed E-state index contributed by atoms with van der Waals surface area (Å²) in [5.74, 6) is 2.46. The van der Waals surface area contributed by atoms with Gasteiger partial charge in [0.1, 0.15) is 11.3 Å². The monoisotopic (exact) mass is 271 g/mol. The first-order chi connectivity index (χ1) is 9.69. The first kappa shape index (κ1) is 13.7. The van der Waals surface area contributed by atoms with E-state index in [1.807, 2.05) is 0 Å². The lowest BCUT2D eigenvalue weighted by atomic mass is 9.77. The van der Waals surface area contributed by atoms with Crippen LogP contribution in [0.3, 0.4) is 0 Å². The van der Waals surface area contributed by atoms with Gasteiger partial charge in [-0.2, -0.15) is 0 Å². The molecule has 20 heavy (non-hydrogen) atoms. The van der Waals surface area contributed by atoms with Crippen LogP contribution in [0.2, 0.25) is 0 Å². The highest BCUT2D eigenvalue weighted by molar-refractivity contribution is 5.81. The van der Waals surface area contributed by atoms with Gasteiger partial charge in [-0.15, -0.1) is 0 Å². The van der Waals surface area contributed by atoms with Crippen molar-refractivity contribution >= 4 is 11.0 Å². The lowest BCUT2D eigenvalue weighted by Gasteiger charge is -2.30. The maximum atomic E-state index is 6.48. The minimum absolute atomic E-state index is 0.0552.